The molecule has 1 heterocycles. The smallest absolute Gasteiger partial charge is 0.254 e. The average Bonchev–Trinajstić information content (AvgIpc) is 1.99. The predicted molar refractivity (Wildman–Crippen MR) is 61.1 cm³/mol. The van der Waals surface area contributed by atoms with Crippen LogP contribution in [0.2, 0.25) is 0 Å². The number of aryl methyl sites for hydroxylation is 1. The molecular formula is C11H19N3O. The van der Waals surface area contributed by atoms with Gasteiger partial charge in [0.2, 0.25) is 0 Å². The third-order valence-corrected chi connectivity index (χ3v) is 2.24. The van der Waals surface area contributed by atoms with Gasteiger partial charge in [0.1, 0.15) is 5.82 Å². The van der Waals surface area contributed by atoms with Crippen molar-refractivity contribution in [2.75, 3.05) is 14.1 Å². The molecule has 0 amide bonds. The van der Waals surface area contributed by atoms with Crippen molar-refractivity contribution in [3.05, 3.63) is 27.4 Å². The predicted octanol–water partition coefficient (Wildman–Crippen LogP) is 1.26. The Kier molecular flexibility index (Phi) is 3.63. The Morgan fingerprint density at radius 1 is 1.40 bits per heavy atom. The fourth-order valence-electron chi connectivity index (χ4n) is 1.71. The minimum absolute atomic E-state index is 0.00523. The topological polar surface area (TPSA) is 49.0 Å². The molecule has 1 aromatic heterocycles. The van der Waals surface area contributed by atoms with Crippen LogP contribution >= 0.6 is 0 Å². The van der Waals surface area contributed by atoms with Gasteiger partial charge in [-0.25, -0.2) is 4.98 Å². The SMILES string of the molecule is Cc1nc(CN(C)C)[nH]c(=O)c1C(C)C. The van der Waals surface area contributed by atoms with Crippen LogP contribution in [0.25, 0.3) is 0 Å². The van der Waals surface area contributed by atoms with Gasteiger partial charge in [-0.3, -0.25) is 4.79 Å². The van der Waals surface area contributed by atoms with Crippen molar-refractivity contribution in [1.29, 1.82) is 0 Å². The summed E-state index contributed by atoms with van der Waals surface area (Å²) in [6.45, 7) is 6.56. The van der Waals surface area contributed by atoms with Gasteiger partial charge < -0.3 is 9.88 Å². The van der Waals surface area contributed by atoms with Crippen molar-refractivity contribution >= 4 is 0 Å². The molecule has 1 N–H and O–H groups in total. The minimum atomic E-state index is -0.00523. The summed E-state index contributed by atoms with van der Waals surface area (Å²) in [6.07, 6.45) is 0. The zero-order chi connectivity index (χ0) is 11.6. The van der Waals surface area contributed by atoms with Gasteiger partial charge in [-0.2, -0.15) is 0 Å². The molecule has 0 aromatic carbocycles. The Morgan fingerprint density at radius 2 is 2.00 bits per heavy atom. The normalized spacial score (nSPS) is 11.4. The maximum Gasteiger partial charge on any atom is 0.254 e. The lowest BCUT2D eigenvalue weighted by molar-refractivity contribution is 0.389. The molecule has 0 aliphatic heterocycles. The molecular weight excluding hydrogens is 190 g/mol. The van der Waals surface area contributed by atoms with Crippen molar-refractivity contribution in [3.63, 3.8) is 0 Å². The second kappa shape index (κ2) is 4.57. The van der Waals surface area contributed by atoms with Crippen LogP contribution in [-0.4, -0.2) is 29.0 Å². The second-order valence-electron chi connectivity index (χ2n) is 4.40. The first-order valence-electron chi connectivity index (χ1n) is 5.16. The third-order valence-electron chi connectivity index (χ3n) is 2.24. The Labute approximate surface area is 90.3 Å². The zero-order valence-electron chi connectivity index (χ0n) is 10.1. The van der Waals surface area contributed by atoms with E-state index in [0.717, 1.165) is 17.1 Å². The molecule has 4 heteroatoms. The number of rotatable bonds is 3. The minimum Gasteiger partial charge on any atom is -0.309 e. The Morgan fingerprint density at radius 3 is 2.40 bits per heavy atom. The van der Waals surface area contributed by atoms with Crippen molar-refractivity contribution in [3.8, 4) is 0 Å². The molecule has 0 radical (unpaired) electrons. The summed E-state index contributed by atoms with van der Waals surface area (Å²) in [5, 5.41) is 0. The van der Waals surface area contributed by atoms with Gasteiger partial charge in [-0.1, -0.05) is 13.8 Å². The van der Waals surface area contributed by atoms with Crippen LogP contribution in [0.5, 0.6) is 0 Å². The van der Waals surface area contributed by atoms with E-state index in [4.69, 9.17) is 0 Å². The number of aromatic nitrogens is 2. The molecule has 0 bridgehead atoms. The van der Waals surface area contributed by atoms with E-state index in [2.05, 4.69) is 9.97 Å². The van der Waals surface area contributed by atoms with E-state index in [-0.39, 0.29) is 11.5 Å². The maximum atomic E-state index is 11.8. The molecule has 84 valence electrons. The summed E-state index contributed by atoms with van der Waals surface area (Å²) in [7, 11) is 3.90. The average molecular weight is 209 g/mol. The monoisotopic (exact) mass is 209 g/mol. The highest BCUT2D eigenvalue weighted by molar-refractivity contribution is 5.19. The van der Waals surface area contributed by atoms with Crippen LogP contribution in [0.4, 0.5) is 0 Å². The number of nitrogens with zero attached hydrogens (tertiary/aromatic N) is 2. The first kappa shape index (κ1) is 11.9. The summed E-state index contributed by atoms with van der Waals surface area (Å²) in [6, 6.07) is 0. The van der Waals surface area contributed by atoms with E-state index in [1.165, 1.54) is 0 Å². The Bertz CT molecular complexity index is 393. The number of nitrogens with one attached hydrogen (secondary N) is 1. The quantitative estimate of drug-likeness (QED) is 0.815. The van der Waals surface area contributed by atoms with Crippen molar-refractivity contribution in [2.45, 2.75) is 33.2 Å². The summed E-state index contributed by atoms with van der Waals surface area (Å²) >= 11 is 0. The molecule has 15 heavy (non-hydrogen) atoms. The van der Waals surface area contributed by atoms with Crippen LogP contribution < -0.4 is 5.56 Å². The van der Waals surface area contributed by atoms with E-state index < -0.39 is 0 Å². The van der Waals surface area contributed by atoms with Crippen LogP contribution in [0, 0.1) is 6.92 Å². The van der Waals surface area contributed by atoms with Crippen molar-refractivity contribution in [2.24, 2.45) is 0 Å². The van der Waals surface area contributed by atoms with Crippen molar-refractivity contribution in [1.82, 2.24) is 14.9 Å². The van der Waals surface area contributed by atoms with Gasteiger partial charge in [0.05, 0.1) is 6.54 Å². The molecule has 0 aliphatic carbocycles. The van der Waals surface area contributed by atoms with E-state index in [0.29, 0.717) is 6.54 Å². The molecule has 1 rings (SSSR count). The lowest BCUT2D eigenvalue weighted by Crippen LogP contribution is -2.23. The van der Waals surface area contributed by atoms with Gasteiger partial charge >= 0.3 is 0 Å². The maximum absolute atomic E-state index is 11.8. The van der Waals surface area contributed by atoms with E-state index in [9.17, 15) is 4.79 Å². The Balaban J connectivity index is 3.14. The third kappa shape index (κ3) is 2.89. The standard InChI is InChI=1S/C11H19N3O/c1-7(2)10-8(3)12-9(6-14(4)5)13-11(10)15/h7H,6H2,1-5H3,(H,12,13,15). The lowest BCUT2D eigenvalue weighted by atomic mass is 10.0. The van der Waals surface area contributed by atoms with Gasteiger partial charge in [0.15, 0.2) is 0 Å². The van der Waals surface area contributed by atoms with Gasteiger partial charge in [-0.05, 0) is 26.9 Å². The van der Waals surface area contributed by atoms with Crippen LogP contribution in [0.1, 0.15) is 36.8 Å². The first-order valence-corrected chi connectivity index (χ1v) is 5.16. The largest absolute Gasteiger partial charge is 0.309 e. The van der Waals surface area contributed by atoms with Gasteiger partial charge in [0.25, 0.3) is 5.56 Å². The van der Waals surface area contributed by atoms with E-state index in [1.807, 2.05) is 39.8 Å². The fourth-order valence-corrected chi connectivity index (χ4v) is 1.71. The summed E-state index contributed by atoms with van der Waals surface area (Å²) in [5.41, 5.74) is 1.62. The van der Waals surface area contributed by atoms with E-state index in [1.54, 1.807) is 0 Å². The second-order valence-corrected chi connectivity index (χ2v) is 4.40. The lowest BCUT2D eigenvalue weighted by Gasteiger charge is -2.12. The molecule has 0 unspecified atom stereocenters. The highest BCUT2D eigenvalue weighted by Crippen LogP contribution is 2.12. The number of hydrogen-bond acceptors (Lipinski definition) is 3. The zero-order valence-corrected chi connectivity index (χ0v) is 10.1. The number of aromatic amines is 1. The number of hydrogen-bond donors (Lipinski definition) is 1. The molecule has 0 fully saturated rings. The van der Waals surface area contributed by atoms with E-state index >= 15 is 0 Å². The molecule has 0 atom stereocenters. The summed E-state index contributed by atoms with van der Waals surface area (Å²) in [4.78, 5) is 21.0. The van der Waals surface area contributed by atoms with Crippen LogP contribution in [0.3, 0.4) is 0 Å². The Hall–Kier alpha value is -1.16. The molecule has 0 aliphatic rings. The van der Waals surface area contributed by atoms with Crippen LogP contribution in [-0.2, 0) is 6.54 Å². The molecule has 0 saturated heterocycles. The van der Waals surface area contributed by atoms with Gasteiger partial charge in [0, 0.05) is 11.3 Å². The molecule has 0 saturated carbocycles. The molecule has 4 nitrogen and oxygen atoms in total. The van der Waals surface area contributed by atoms with Crippen molar-refractivity contribution < 1.29 is 0 Å². The summed E-state index contributed by atoms with van der Waals surface area (Å²) in [5.74, 6) is 0.946. The fraction of sp³-hybridized carbons (Fsp3) is 0.636. The first-order chi connectivity index (χ1) is 6.91. The number of H-pyrrole nitrogens is 1. The molecule has 1 aromatic rings. The molecule has 0 spiro atoms. The van der Waals surface area contributed by atoms with Gasteiger partial charge in [-0.15, -0.1) is 0 Å². The highest BCUT2D eigenvalue weighted by Gasteiger charge is 2.11. The highest BCUT2D eigenvalue weighted by atomic mass is 16.1. The summed E-state index contributed by atoms with van der Waals surface area (Å²) < 4.78 is 0. The van der Waals surface area contributed by atoms with Crippen LogP contribution in [0.15, 0.2) is 4.79 Å².